The zero-order valence-corrected chi connectivity index (χ0v) is 15.3. The number of aromatic nitrogens is 1. The summed E-state index contributed by atoms with van der Waals surface area (Å²) in [5, 5.41) is 0. The van der Waals surface area contributed by atoms with Gasteiger partial charge in [-0.1, -0.05) is 31.2 Å². The molecular weight excluding hydrogens is 330 g/mol. The molecule has 130 valence electrons. The fourth-order valence-electron chi connectivity index (χ4n) is 3.21. The van der Waals surface area contributed by atoms with Crippen molar-refractivity contribution in [2.24, 2.45) is 0 Å². The number of hydrogen-bond acceptors (Lipinski definition) is 5. The van der Waals surface area contributed by atoms with E-state index in [1.165, 1.54) is 10.5 Å². The van der Waals surface area contributed by atoms with Gasteiger partial charge in [0.15, 0.2) is 5.58 Å². The number of anilines is 1. The van der Waals surface area contributed by atoms with Crippen molar-refractivity contribution in [3.63, 3.8) is 0 Å². The summed E-state index contributed by atoms with van der Waals surface area (Å²) in [5.74, 6) is 1.12. The van der Waals surface area contributed by atoms with Crippen LogP contribution in [0.5, 0.6) is 0 Å². The highest BCUT2D eigenvalue weighted by Crippen LogP contribution is 2.23. The predicted molar refractivity (Wildman–Crippen MR) is 104 cm³/mol. The molecule has 25 heavy (non-hydrogen) atoms. The molecule has 3 aromatic rings. The van der Waals surface area contributed by atoms with Crippen LogP contribution in [0.1, 0.15) is 12.5 Å². The average Bonchev–Trinajstić information content (AvgIpc) is 3.08. The van der Waals surface area contributed by atoms with Gasteiger partial charge in [0, 0.05) is 37.6 Å². The normalized spacial score (nSPS) is 15.8. The van der Waals surface area contributed by atoms with Crippen LogP contribution in [0.25, 0.3) is 11.1 Å². The molecule has 5 heteroatoms. The molecule has 0 bridgehead atoms. The Labute approximate surface area is 152 Å². The summed E-state index contributed by atoms with van der Waals surface area (Å²) in [4.78, 5) is 10.7. The molecule has 0 unspecified atom stereocenters. The van der Waals surface area contributed by atoms with Gasteiger partial charge in [0.1, 0.15) is 5.52 Å². The topological polar surface area (TPSA) is 32.5 Å². The van der Waals surface area contributed by atoms with Crippen molar-refractivity contribution in [3.8, 4) is 0 Å². The van der Waals surface area contributed by atoms with Crippen molar-refractivity contribution >= 4 is 28.9 Å². The fraction of sp³-hybridized carbons (Fsp3) is 0.350. The molecule has 4 rings (SSSR count). The van der Waals surface area contributed by atoms with E-state index in [2.05, 4.69) is 46.0 Å². The summed E-state index contributed by atoms with van der Waals surface area (Å²) in [7, 11) is 0. The number of benzene rings is 2. The van der Waals surface area contributed by atoms with Gasteiger partial charge < -0.3 is 9.32 Å². The first kappa shape index (κ1) is 16.5. The smallest absolute Gasteiger partial charge is 0.298 e. The molecule has 1 aliphatic heterocycles. The van der Waals surface area contributed by atoms with Crippen molar-refractivity contribution < 1.29 is 4.42 Å². The van der Waals surface area contributed by atoms with Crippen molar-refractivity contribution in [2.45, 2.75) is 18.4 Å². The largest absolute Gasteiger partial charge is 0.423 e. The van der Waals surface area contributed by atoms with Gasteiger partial charge in [-0.25, -0.2) is 0 Å². The molecule has 1 aromatic heterocycles. The lowest BCUT2D eigenvalue weighted by Crippen LogP contribution is -2.46. The van der Waals surface area contributed by atoms with Gasteiger partial charge in [-0.05, 0) is 35.6 Å². The first-order chi connectivity index (χ1) is 12.3. The monoisotopic (exact) mass is 353 g/mol. The number of piperazine rings is 1. The Morgan fingerprint density at radius 1 is 1.00 bits per heavy atom. The third-order valence-corrected chi connectivity index (χ3v) is 5.46. The second-order valence-electron chi connectivity index (χ2n) is 6.30. The molecule has 0 radical (unpaired) electrons. The van der Waals surface area contributed by atoms with Gasteiger partial charge in [0.2, 0.25) is 0 Å². The number of hydrogen-bond donors (Lipinski definition) is 0. The highest BCUT2D eigenvalue weighted by atomic mass is 32.2. The van der Waals surface area contributed by atoms with Gasteiger partial charge in [0.05, 0.1) is 0 Å². The zero-order chi connectivity index (χ0) is 17.1. The van der Waals surface area contributed by atoms with Crippen LogP contribution in [0, 0.1) is 0 Å². The van der Waals surface area contributed by atoms with Gasteiger partial charge in [-0.3, -0.25) is 4.90 Å². The molecule has 1 fully saturated rings. The van der Waals surface area contributed by atoms with E-state index in [4.69, 9.17) is 4.42 Å². The van der Waals surface area contributed by atoms with E-state index in [1.54, 1.807) is 0 Å². The minimum Gasteiger partial charge on any atom is -0.423 e. The quantitative estimate of drug-likeness (QED) is 0.640. The summed E-state index contributed by atoms with van der Waals surface area (Å²) in [6.07, 6.45) is 0. The molecule has 0 amide bonds. The Bertz CT molecular complexity index is 789. The van der Waals surface area contributed by atoms with Crippen molar-refractivity contribution in [3.05, 3.63) is 54.1 Å². The molecule has 1 aliphatic rings. The number of nitrogens with zero attached hydrogens (tertiary/aromatic N) is 3. The summed E-state index contributed by atoms with van der Waals surface area (Å²) >= 11 is 1.89. The van der Waals surface area contributed by atoms with E-state index in [9.17, 15) is 0 Å². The highest BCUT2D eigenvalue weighted by molar-refractivity contribution is 7.99. The number of fused-ring (bicyclic) bond motifs is 1. The molecule has 2 heterocycles. The number of rotatable bonds is 5. The third-order valence-electron chi connectivity index (χ3n) is 4.57. The first-order valence-electron chi connectivity index (χ1n) is 8.86. The lowest BCUT2D eigenvalue weighted by molar-refractivity contribution is 0.245. The van der Waals surface area contributed by atoms with E-state index in [0.717, 1.165) is 55.6 Å². The van der Waals surface area contributed by atoms with Gasteiger partial charge in [0.25, 0.3) is 6.01 Å². The summed E-state index contributed by atoms with van der Waals surface area (Å²) in [6.45, 7) is 7.18. The summed E-state index contributed by atoms with van der Waals surface area (Å²) < 4.78 is 5.89. The second-order valence-corrected chi connectivity index (χ2v) is 7.64. The maximum absolute atomic E-state index is 5.89. The van der Waals surface area contributed by atoms with Crippen LogP contribution in [-0.4, -0.2) is 41.8 Å². The van der Waals surface area contributed by atoms with Gasteiger partial charge in [-0.15, -0.1) is 11.8 Å². The average molecular weight is 353 g/mol. The highest BCUT2D eigenvalue weighted by Gasteiger charge is 2.21. The van der Waals surface area contributed by atoms with Crippen LogP contribution in [0.15, 0.2) is 57.8 Å². The SMILES string of the molecule is CCSc1ccc(CN2CCN(c3nc4ccccc4o3)CC2)cc1. The Kier molecular flexibility index (Phi) is 4.95. The Balaban J connectivity index is 1.34. The van der Waals surface area contributed by atoms with Crippen LogP contribution in [0.2, 0.25) is 0 Å². The minimum absolute atomic E-state index is 0.752. The molecule has 4 nitrogen and oxygen atoms in total. The maximum atomic E-state index is 5.89. The summed E-state index contributed by atoms with van der Waals surface area (Å²) in [5.41, 5.74) is 3.19. The molecule has 2 aromatic carbocycles. The standard InChI is InChI=1S/C20H23N3OS/c1-2-25-17-9-7-16(8-10-17)15-22-11-13-23(14-12-22)20-21-18-5-3-4-6-19(18)24-20/h3-10H,2,11-15H2,1H3. The molecule has 0 N–H and O–H groups in total. The molecule has 0 spiro atoms. The second kappa shape index (κ2) is 7.50. The molecule has 1 saturated heterocycles. The van der Waals surface area contributed by atoms with Crippen LogP contribution in [0.4, 0.5) is 6.01 Å². The summed E-state index contributed by atoms with van der Waals surface area (Å²) in [6, 6.07) is 17.7. The molecule has 0 saturated carbocycles. The number of para-hydroxylation sites is 2. The molecule has 0 aliphatic carbocycles. The first-order valence-corrected chi connectivity index (χ1v) is 9.85. The molecular formula is C20H23N3OS. The van der Waals surface area contributed by atoms with E-state index < -0.39 is 0 Å². The van der Waals surface area contributed by atoms with Gasteiger partial charge in [-0.2, -0.15) is 4.98 Å². The molecule has 0 atom stereocenters. The maximum Gasteiger partial charge on any atom is 0.298 e. The lowest BCUT2D eigenvalue weighted by Gasteiger charge is -2.33. The third kappa shape index (κ3) is 3.83. The van der Waals surface area contributed by atoms with Crippen molar-refractivity contribution in [2.75, 3.05) is 36.8 Å². The van der Waals surface area contributed by atoms with E-state index in [0.29, 0.717) is 0 Å². The number of thioether (sulfide) groups is 1. The predicted octanol–water partition coefficient (Wildman–Crippen LogP) is 4.26. The van der Waals surface area contributed by atoms with Crippen molar-refractivity contribution in [1.29, 1.82) is 0 Å². The van der Waals surface area contributed by atoms with Crippen molar-refractivity contribution in [1.82, 2.24) is 9.88 Å². The minimum atomic E-state index is 0.752. The Hall–Kier alpha value is -1.98. The fourth-order valence-corrected chi connectivity index (χ4v) is 3.87. The lowest BCUT2D eigenvalue weighted by atomic mass is 10.2. The Morgan fingerprint density at radius 3 is 2.48 bits per heavy atom. The van der Waals surface area contributed by atoms with Crippen LogP contribution < -0.4 is 4.90 Å². The Morgan fingerprint density at radius 2 is 1.76 bits per heavy atom. The van der Waals surface area contributed by atoms with E-state index in [1.807, 2.05) is 36.0 Å². The van der Waals surface area contributed by atoms with Crippen LogP contribution in [-0.2, 0) is 6.54 Å². The van der Waals surface area contributed by atoms with Crippen LogP contribution >= 0.6 is 11.8 Å². The van der Waals surface area contributed by atoms with E-state index in [-0.39, 0.29) is 0 Å². The van der Waals surface area contributed by atoms with Gasteiger partial charge >= 0.3 is 0 Å². The van der Waals surface area contributed by atoms with E-state index >= 15 is 0 Å². The zero-order valence-electron chi connectivity index (χ0n) is 14.5. The van der Waals surface area contributed by atoms with Crippen LogP contribution in [0.3, 0.4) is 0 Å². The number of oxazole rings is 1.